The number of fused-ring (bicyclic) bond motifs is 2. The molecular formula is C15H25NO2. The molecule has 102 valence electrons. The highest BCUT2D eigenvalue weighted by atomic mass is 16.5. The van der Waals surface area contributed by atoms with Crippen LogP contribution in [0.4, 0.5) is 0 Å². The molecule has 2 bridgehead atoms. The van der Waals surface area contributed by atoms with Crippen LogP contribution in [-0.2, 0) is 4.74 Å². The average molecular weight is 251 g/mol. The summed E-state index contributed by atoms with van der Waals surface area (Å²) in [6.45, 7) is 6.77. The summed E-state index contributed by atoms with van der Waals surface area (Å²) in [4.78, 5) is 0. The molecule has 4 aliphatic rings. The zero-order chi connectivity index (χ0) is 13.2. The van der Waals surface area contributed by atoms with Crippen LogP contribution < -0.4 is 5.73 Å². The van der Waals surface area contributed by atoms with E-state index in [1.54, 1.807) is 0 Å². The minimum atomic E-state index is -0.225. The minimum Gasteiger partial charge on any atom is -0.396 e. The third-order valence-corrected chi connectivity index (χ3v) is 5.68. The van der Waals surface area contributed by atoms with Gasteiger partial charge in [-0.25, -0.2) is 0 Å². The maximum absolute atomic E-state index is 9.28. The largest absolute Gasteiger partial charge is 0.396 e. The van der Waals surface area contributed by atoms with Crippen molar-refractivity contribution in [3.05, 3.63) is 12.2 Å². The lowest BCUT2D eigenvalue weighted by Gasteiger charge is -2.65. The molecule has 2 heterocycles. The molecule has 2 saturated heterocycles. The van der Waals surface area contributed by atoms with Crippen molar-refractivity contribution in [2.45, 2.75) is 56.8 Å². The quantitative estimate of drug-likeness (QED) is 0.736. The fourth-order valence-corrected chi connectivity index (χ4v) is 5.07. The molecule has 3 heteroatoms. The SMILES string of the molecule is CC1(C)O[C@@]2(C)CC[C@@H]1[C@]1(N)[C@@H](CCO)C=C[C@@H]12. The fraction of sp³-hybridized carbons (Fsp3) is 0.867. The predicted octanol–water partition coefficient (Wildman–Crippen LogP) is 1.85. The summed E-state index contributed by atoms with van der Waals surface area (Å²) in [5.74, 6) is 0.969. The Morgan fingerprint density at radius 2 is 2.06 bits per heavy atom. The van der Waals surface area contributed by atoms with E-state index in [1.165, 1.54) is 0 Å². The molecule has 0 amide bonds. The Morgan fingerprint density at radius 1 is 1.33 bits per heavy atom. The molecule has 0 radical (unpaired) electrons. The van der Waals surface area contributed by atoms with Crippen LogP contribution in [0, 0.1) is 17.8 Å². The van der Waals surface area contributed by atoms with Crippen LogP contribution in [-0.4, -0.2) is 28.5 Å². The van der Waals surface area contributed by atoms with Crippen LogP contribution in [0.1, 0.15) is 40.0 Å². The molecule has 18 heavy (non-hydrogen) atoms. The summed E-state index contributed by atoms with van der Waals surface area (Å²) in [6, 6.07) is 0. The zero-order valence-corrected chi connectivity index (χ0v) is 11.6. The molecule has 4 rings (SSSR count). The molecule has 3 nitrogen and oxygen atoms in total. The first-order chi connectivity index (χ1) is 8.34. The van der Waals surface area contributed by atoms with Gasteiger partial charge in [-0.05, 0) is 46.0 Å². The average Bonchev–Trinajstić information content (AvgIpc) is 2.57. The predicted molar refractivity (Wildman–Crippen MR) is 71.0 cm³/mol. The van der Waals surface area contributed by atoms with E-state index in [1.807, 2.05) is 0 Å². The standard InChI is InChI=1S/C15H25NO2/c1-13(2)11-6-8-14(3,18-13)12-5-4-10(7-9-17)15(11,12)16/h4-5,10-12,17H,6-9,16H2,1-3H3/t10-,11+,12-,14+,15-/m1/s1. The molecule has 0 aromatic heterocycles. The molecule has 2 aliphatic carbocycles. The van der Waals surface area contributed by atoms with Crippen molar-refractivity contribution in [2.75, 3.05) is 6.61 Å². The van der Waals surface area contributed by atoms with Crippen molar-refractivity contribution in [2.24, 2.45) is 23.5 Å². The molecule has 1 saturated carbocycles. The van der Waals surface area contributed by atoms with Crippen molar-refractivity contribution in [3.8, 4) is 0 Å². The first-order valence-corrected chi connectivity index (χ1v) is 7.13. The van der Waals surface area contributed by atoms with E-state index in [-0.39, 0.29) is 23.3 Å². The van der Waals surface area contributed by atoms with Gasteiger partial charge in [-0.15, -0.1) is 0 Å². The van der Waals surface area contributed by atoms with Crippen molar-refractivity contribution in [1.29, 1.82) is 0 Å². The summed E-state index contributed by atoms with van der Waals surface area (Å²) in [5, 5.41) is 9.28. The second-order valence-corrected chi connectivity index (χ2v) is 7.09. The Hall–Kier alpha value is -0.380. The van der Waals surface area contributed by atoms with Crippen LogP contribution in [0.2, 0.25) is 0 Å². The van der Waals surface area contributed by atoms with E-state index in [2.05, 4.69) is 32.9 Å². The summed E-state index contributed by atoms with van der Waals surface area (Å²) >= 11 is 0. The van der Waals surface area contributed by atoms with Gasteiger partial charge >= 0.3 is 0 Å². The Kier molecular flexibility index (Phi) is 2.52. The van der Waals surface area contributed by atoms with Crippen LogP contribution in [0.15, 0.2) is 12.2 Å². The topological polar surface area (TPSA) is 55.5 Å². The lowest BCUT2D eigenvalue weighted by Crippen LogP contribution is -2.75. The number of aliphatic hydroxyl groups excluding tert-OH is 1. The van der Waals surface area contributed by atoms with Gasteiger partial charge in [0.25, 0.3) is 0 Å². The highest BCUT2D eigenvalue weighted by Gasteiger charge is 2.67. The highest BCUT2D eigenvalue weighted by Crippen LogP contribution is 2.61. The Labute approximate surface area is 109 Å². The van der Waals surface area contributed by atoms with Gasteiger partial charge in [-0.1, -0.05) is 12.2 Å². The van der Waals surface area contributed by atoms with E-state index in [4.69, 9.17) is 10.5 Å². The van der Waals surface area contributed by atoms with Gasteiger partial charge in [-0.2, -0.15) is 0 Å². The summed E-state index contributed by atoms with van der Waals surface area (Å²) in [7, 11) is 0. The molecule has 3 fully saturated rings. The number of nitrogens with two attached hydrogens (primary N) is 1. The van der Waals surface area contributed by atoms with Crippen molar-refractivity contribution >= 4 is 0 Å². The Balaban J connectivity index is 2.04. The molecule has 0 aromatic rings. The molecule has 0 aromatic carbocycles. The van der Waals surface area contributed by atoms with E-state index in [9.17, 15) is 5.11 Å². The second kappa shape index (κ2) is 3.59. The third kappa shape index (κ3) is 1.36. The molecule has 5 atom stereocenters. The van der Waals surface area contributed by atoms with E-state index < -0.39 is 0 Å². The van der Waals surface area contributed by atoms with Gasteiger partial charge in [0.05, 0.1) is 11.2 Å². The molecule has 3 N–H and O–H groups in total. The smallest absolute Gasteiger partial charge is 0.0742 e. The molecule has 0 spiro atoms. The highest BCUT2D eigenvalue weighted by molar-refractivity contribution is 5.30. The van der Waals surface area contributed by atoms with E-state index >= 15 is 0 Å². The monoisotopic (exact) mass is 251 g/mol. The number of aliphatic hydroxyl groups is 1. The lowest BCUT2D eigenvalue weighted by atomic mass is 9.52. The minimum absolute atomic E-state index is 0.131. The zero-order valence-electron chi connectivity index (χ0n) is 11.6. The van der Waals surface area contributed by atoms with Crippen molar-refractivity contribution in [1.82, 2.24) is 0 Å². The lowest BCUT2D eigenvalue weighted by molar-refractivity contribution is -0.279. The van der Waals surface area contributed by atoms with Crippen molar-refractivity contribution < 1.29 is 9.84 Å². The number of hydrogen-bond donors (Lipinski definition) is 2. The number of rotatable bonds is 2. The Bertz CT molecular complexity index is 392. The first-order valence-electron chi connectivity index (χ1n) is 7.13. The van der Waals surface area contributed by atoms with Crippen LogP contribution >= 0.6 is 0 Å². The summed E-state index contributed by atoms with van der Waals surface area (Å²) in [6.07, 6.45) is 7.48. The number of hydrogen-bond acceptors (Lipinski definition) is 3. The van der Waals surface area contributed by atoms with Gasteiger partial charge in [0.2, 0.25) is 0 Å². The fourth-order valence-electron chi connectivity index (χ4n) is 5.07. The molecular weight excluding hydrogens is 226 g/mol. The Morgan fingerprint density at radius 3 is 2.67 bits per heavy atom. The normalized spacial score (nSPS) is 52.6. The number of ether oxygens (including phenoxy) is 1. The van der Waals surface area contributed by atoms with Gasteiger partial charge in [0.15, 0.2) is 0 Å². The van der Waals surface area contributed by atoms with Crippen LogP contribution in [0.3, 0.4) is 0 Å². The van der Waals surface area contributed by atoms with E-state index in [0.29, 0.717) is 17.8 Å². The van der Waals surface area contributed by atoms with Crippen molar-refractivity contribution in [3.63, 3.8) is 0 Å². The molecule has 0 unspecified atom stereocenters. The van der Waals surface area contributed by atoms with Gasteiger partial charge in [0.1, 0.15) is 0 Å². The second-order valence-electron chi connectivity index (χ2n) is 7.09. The first kappa shape index (κ1) is 12.6. The maximum Gasteiger partial charge on any atom is 0.0742 e. The summed E-state index contributed by atoms with van der Waals surface area (Å²) in [5.41, 5.74) is 6.38. The summed E-state index contributed by atoms with van der Waals surface area (Å²) < 4.78 is 6.37. The van der Waals surface area contributed by atoms with Gasteiger partial charge in [0, 0.05) is 24.0 Å². The van der Waals surface area contributed by atoms with Gasteiger partial charge in [-0.3, -0.25) is 0 Å². The van der Waals surface area contributed by atoms with Gasteiger partial charge < -0.3 is 15.6 Å². The van der Waals surface area contributed by atoms with Crippen LogP contribution in [0.5, 0.6) is 0 Å². The third-order valence-electron chi connectivity index (χ3n) is 5.68. The van der Waals surface area contributed by atoms with E-state index in [0.717, 1.165) is 19.3 Å². The maximum atomic E-state index is 9.28. The van der Waals surface area contributed by atoms with Crippen LogP contribution in [0.25, 0.3) is 0 Å². The molecule has 2 aliphatic heterocycles.